The molecule has 84 valence electrons. The van der Waals surface area contributed by atoms with Gasteiger partial charge in [0, 0.05) is 12.6 Å². The van der Waals surface area contributed by atoms with E-state index in [1.807, 2.05) is 0 Å². The first-order valence-corrected chi connectivity index (χ1v) is 6.76. The normalized spacial score (nSPS) is 21.4. The molecule has 1 aliphatic rings. The Hall–Kier alpha value is 0.310. The number of rotatable bonds is 5. The molecule has 0 aromatic carbocycles. The number of hydrogen-bond acceptors (Lipinski definition) is 2. The molecule has 0 aromatic heterocycles. The van der Waals surface area contributed by atoms with Crippen LogP contribution in [0.2, 0.25) is 0 Å². The second-order valence-electron chi connectivity index (χ2n) is 4.67. The van der Waals surface area contributed by atoms with Gasteiger partial charge in [-0.1, -0.05) is 33.1 Å². The summed E-state index contributed by atoms with van der Waals surface area (Å²) in [5.41, 5.74) is 0. The molecule has 2 heteroatoms. The predicted molar refractivity (Wildman–Crippen MR) is 67.1 cm³/mol. The first kappa shape index (κ1) is 12.4. The standard InChI is InChI=1S/C12H25NS/c1-3-13(9-11(2)10-14)12-7-5-4-6-8-12/h11-12,14H,3-10H2,1-2H3. The van der Waals surface area contributed by atoms with Crippen molar-refractivity contribution in [2.24, 2.45) is 5.92 Å². The zero-order valence-corrected chi connectivity index (χ0v) is 10.6. The number of thiol groups is 1. The lowest BCUT2D eigenvalue weighted by Gasteiger charge is -2.35. The molecule has 1 atom stereocenters. The van der Waals surface area contributed by atoms with Gasteiger partial charge in [0.05, 0.1) is 0 Å². The molecule has 0 saturated heterocycles. The van der Waals surface area contributed by atoms with E-state index in [4.69, 9.17) is 0 Å². The van der Waals surface area contributed by atoms with E-state index in [2.05, 4.69) is 31.4 Å². The van der Waals surface area contributed by atoms with Gasteiger partial charge in [-0.15, -0.1) is 0 Å². The van der Waals surface area contributed by atoms with E-state index < -0.39 is 0 Å². The van der Waals surface area contributed by atoms with Crippen LogP contribution in [0, 0.1) is 5.92 Å². The molecule has 1 unspecified atom stereocenters. The largest absolute Gasteiger partial charge is 0.300 e. The van der Waals surface area contributed by atoms with Crippen molar-refractivity contribution in [1.82, 2.24) is 4.90 Å². The summed E-state index contributed by atoms with van der Waals surface area (Å²) in [7, 11) is 0. The minimum atomic E-state index is 0.736. The van der Waals surface area contributed by atoms with Crippen LogP contribution in [0.4, 0.5) is 0 Å². The number of hydrogen-bond donors (Lipinski definition) is 1. The highest BCUT2D eigenvalue weighted by atomic mass is 32.1. The fourth-order valence-electron chi connectivity index (χ4n) is 2.44. The summed E-state index contributed by atoms with van der Waals surface area (Å²) < 4.78 is 0. The van der Waals surface area contributed by atoms with Gasteiger partial charge < -0.3 is 4.90 Å². The Bertz CT molecular complexity index is 143. The van der Waals surface area contributed by atoms with Gasteiger partial charge in [0.2, 0.25) is 0 Å². The topological polar surface area (TPSA) is 3.24 Å². The summed E-state index contributed by atoms with van der Waals surface area (Å²) in [6.45, 7) is 7.05. The quantitative estimate of drug-likeness (QED) is 0.689. The van der Waals surface area contributed by atoms with Crippen molar-refractivity contribution in [3.05, 3.63) is 0 Å². The molecule has 0 aliphatic heterocycles. The zero-order valence-electron chi connectivity index (χ0n) is 9.71. The zero-order chi connectivity index (χ0) is 10.4. The maximum absolute atomic E-state index is 4.37. The van der Waals surface area contributed by atoms with E-state index in [1.165, 1.54) is 45.2 Å². The lowest BCUT2D eigenvalue weighted by molar-refractivity contribution is 0.148. The van der Waals surface area contributed by atoms with Gasteiger partial charge >= 0.3 is 0 Å². The van der Waals surface area contributed by atoms with Crippen LogP contribution in [-0.4, -0.2) is 29.8 Å². The van der Waals surface area contributed by atoms with E-state index in [0.717, 1.165) is 17.7 Å². The van der Waals surface area contributed by atoms with E-state index in [9.17, 15) is 0 Å². The van der Waals surface area contributed by atoms with Crippen LogP contribution < -0.4 is 0 Å². The van der Waals surface area contributed by atoms with Crippen LogP contribution >= 0.6 is 12.6 Å². The van der Waals surface area contributed by atoms with Crippen LogP contribution in [0.5, 0.6) is 0 Å². The van der Waals surface area contributed by atoms with E-state index in [1.54, 1.807) is 0 Å². The van der Waals surface area contributed by atoms with Crippen LogP contribution in [0.25, 0.3) is 0 Å². The summed E-state index contributed by atoms with van der Waals surface area (Å²) in [6, 6.07) is 0.871. The summed E-state index contributed by atoms with van der Waals surface area (Å²) in [5, 5.41) is 0. The monoisotopic (exact) mass is 215 g/mol. The van der Waals surface area contributed by atoms with Crippen molar-refractivity contribution in [2.75, 3.05) is 18.8 Å². The van der Waals surface area contributed by atoms with Crippen LogP contribution in [0.15, 0.2) is 0 Å². The third-order valence-electron chi connectivity index (χ3n) is 3.36. The van der Waals surface area contributed by atoms with Crippen molar-refractivity contribution in [1.29, 1.82) is 0 Å². The SMILES string of the molecule is CCN(CC(C)CS)C1CCCCC1. The van der Waals surface area contributed by atoms with Crippen LogP contribution in [0.3, 0.4) is 0 Å². The average molecular weight is 215 g/mol. The van der Waals surface area contributed by atoms with Gasteiger partial charge in [-0.2, -0.15) is 12.6 Å². The van der Waals surface area contributed by atoms with Crippen molar-refractivity contribution >= 4 is 12.6 Å². The molecule has 0 aromatic rings. The van der Waals surface area contributed by atoms with Crippen molar-refractivity contribution in [3.8, 4) is 0 Å². The second kappa shape index (κ2) is 6.73. The molecule has 1 aliphatic carbocycles. The van der Waals surface area contributed by atoms with Gasteiger partial charge in [0.25, 0.3) is 0 Å². The summed E-state index contributed by atoms with van der Waals surface area (Å²) in [4.78, 5) is 2.67. The Balaban J connectivity index is 2.35. The van der Waals surface area contributed by atoms with Crippen LogP contribution in [-0.2, 0) is 0 Å². The van der Waals surface area contributed by atoms with Gasteiger partial charge in [-0.3, -0.25) is 0 Å². The molecule has 0 radical (unpaired) electrons. The minimum absolute atomic E-state index is 0.736. The van der Waals surface area contributed by atoms with Gasteiger partial charge in [0.1, 0.15) is 0 Å². The first-order valence-electron chi connectivity index (χ1n) is 6.12. The maximum Gasteiger partial charge on any atom is 0.00952 e. The molecule has 0 heterocycles. The fraction of sp³-hybridized carbons (Fsp3) is 1.00. The average Bonchev–Trinajstić information content (AvgIpc) is 2.26. The predicted octanol–water partition coefficient (Wildman–Crippen LogP) is 3.21. The van der Waals surface area contributed by atoms with Crippen molar-refractivity contribution in [3.63, 3.8) is 0 Å². The molecule has 14 heavy (non-hydrogen) atoms. The number of nitrogens with zero attached hydrogens (tertiary/aromatic N) is 1. The third kappa shape index (κ3) is 3.82. The summed E-state index contributed by atoms with van der Waals surface area (Å²) >= 11 is 4.37. The Morgan fingerprint density at radius 2 is 1.93 bits per heavy atom. The smallest absolute Gasteiger partial charge is 0.00952 e. The Labute approximate surface area is 94.7 Å². The Morgan fingerprint density at radius 3 is 2.43 bits per heavy atom. The summed E-state index contributed by atoms with van der Waals surface area (Å²) in [6.07, 6.45) is 7.18. The fourth-order valence-corrected chi connectivity index (χ4v) is 2.56. The second-order valence-corrected chi connectivity index (χ2v) is 5.03. The molecule has 1 fully saturated rings. The van der Waals surface area contributed by atoms with Gasteiger partial charge in [-0.25, -0.2) is 0 Å². The van der Waals surface area contributed by atoms with Gasteiger partial charge in [0.15, 0.2) is 0 Å². The lowest BCUT2D eigenvalue weighted by Crippen LogP contribution is -2.39. The highest BCUT2D eigenvalue weighted by molar-refractivity contribution is 7.80. The van der Waals surface area contributed by atoms with Crippen molar-refractivity contribution < 1.29 is 0 Å². The van der Waals surface area contributed by atoms with Gasteiger partial charge in [-0.05, 0) is 31.1 Å². The summed E-state index contributed by atoms with van der Waals surface area (Å²) in [5.74, 6) is 1.75. The molecule has 0 spiro atoms. The van der Waals surface area contributed by atoms with E-state index in [0.29, 0.717) is 0 Å². The molecule has 0 N–H and O–H groups in total. The van der Waals surface area contributed by atoms with E-state index >= 15 is 0 Å². The molecule has 1 saturated carbocycles. The molecular weight excluding hydrogens is 190 g/mol. The van der Waals surface area contributed by atoms with Crippen LogP contribution in [0.1, 0.15) is 46.0 Å². The Kier molecular flexibility index (Phi) is 5.95. The van der Waals surface area contributed by atoms with Crippen molar-refractivity contribution in [2.45, 2.75) is 52.0 Å². The Morgan fingerprint density at radius 1 is 1.29 bits per heavy atom. The highest BCUT2D eigenvalue weighted by Crippen LogP contribution is 2.23. The maximum atomic E-state index is 4.37. The first-order chi connectivity index (χ1) is 6.77. The minimum Gasteiger partial charge on any atom is -0.300 e. The molecular formula is C12H25NS. The molecule has 1 nitrogen and oxygen atoms in total. The molecule has 0 amide bonds. The highest BCUT2D eigenvalue weighted by Gasteiger charge is 2.20. The molecule has 1 rings (SSSR count). The van der Waals surface area contributed by atoms with E-state index in [-0.39, 0.29) is 0 Å². The molecule has 0 bridgehead atoms. The third-order valence-corrected chi connectivity index (χ3v) is 3.98. The lowest BCUT2D eigenvalue weighted by atomic mass is 9.93.